The van der Waals surface area contributed by atoms with Crippen molar-refractivity contribution in [2.45, 2.75) is 24.4 Å². The van der Waals surface area contributed by atoms with Crippen LogP contribution in [0.25, 0.3) is 5.69 Å². The summed E-state index contributed by atoms with van der Waals surface area (Å²) in [5, 5.41) is 9.50. The Balaban J connectivity index is 1.58. The van der Waals surface area contributed by atoms with E-state index in [9.17, 15) is 14.0 Å². The van der Waals surface area contributed by atoms with Crippen molar-refractivity contribution in [3.05, 3.63) is 59.7 Å². The second-order valence-electron chi connectivity index (χ2n) is 9.80. The number of carbonyl (C=O) groups is 2. The molecule has 3 aromatic rings. The lowest BCUT2D eigenvalue weighted by Crippen LogP contribution is -2.51. The van der Waals surface area contributed by atoms with E-state index in [2.05, 4.69) is 10.2 Å². The number of rotatable bonds is 10. The van der Waals surface area contributed by atoms with Gasteiger partial charge in [-0.15, -0.1) is 10.2 Å². The first-order valence-corrected chi connectivity index (χ1v) is 13.8. The van der Waals surface area contributed by atoms with E-state index in [0.717, 1.165) is 5.56 Å². The zero-order chi connectivity index (χ0) is 28.9. The van der Waals surface area contributed by atoms with Crippen LogP contribution in [0, 0.1) is 5.82 Å². The van der Waals surface area contributed by atoms with Crippen LogP contribution in [0.5, 0.6) is 11.5 Å². The lowest BCUT2D eigenvalue weighted by Gasteiger charge is -2.34. The molecular formula is C28H34FN5O5S. The molecule has 0 radical (unpaired) electrons. The molecule has 1 aliphatic rings. The average Bonchev–Trinajstić information content (AvgIpc) is 3.41. The lowest BCUT2D eigenvalue weighted by molar-refractivity contribution is -0.140. The highest BCUT2D eigenvalue weighted by molar-refractivity contribution is 7.99. The summed E-state index contributed by atoms with van der Waals surface area (Å²) < 4.78 is 31.5. The van der Waals surface area contributed by atoms with Gasteiger partial charge < -0.3 is 24.0 Å². The predicted molar refractivity (Wildman–Crippen MR) is 149 cm³/mol. The fourth-order valence-electron chi connectivity index (χ4n) is 4.58. The second kappa shape index (κ2) is 12.7. The van der Waals surface area contributed by atoms with Gasteiger partial charge >= 0.3 is 0 Å². The Morgan fingerprint density at radius 2 is 1.52 bits per heavy atom. The van der Waals surface area contributed by atoms with Gasteiger partial charge in [0, 0.05) is 39.0 Å². The van der Waals surface area contributed by atoms with Crippen molar-refractivity contribution in [3.63, 3.8) is 0 Å². The van der Waals surface area contributed by atoms with Gasteiger partial charge in [0.1, 0.15) is 18.2 Å². The molecule has 0 spiro atoms. The van der Waals surface area contributed by atoms with Crippen LogP contribution in [0.3, 0.4) is 0 Å². The van der Waals surface area contributed by atoms with Crippen LogP contribution in [0.1, 0.15) is 25.2 Å². The number of methoxy groups -OCH3 is 3. The molecule has 0 bridgehead atoms. The molecule has 4 rings (SSSR count). The number of amides is 2. The number of carbonyl (C=O) groups excluding carboxylic acids is 2. The van der Waals surface area contributed by atoms with Crippen molar-refractivity contribution in [1.29, 1.82) is 0 Å². The summed E-state index contributed by atoms with van der Waals surface area (Å²) >= 11 is 1.27. The van der Waals surface area contributed by atoms with Crippen molar-refractivity contribution in [1.82, 2.24) is 24.6 Å². The molecule has 214 valence electrons. The zero-order valence-electron chi connectivity index (χ0n) is 23.3. The van der Waals surface area contributed by atoms with Crippen LogP contribution in [0.2, 0.25) is 0 Å². The third-order valence-electron chi connectivity index (χ3n) is 6.96. The number of hydrogen-bond acceptors (Lipinski definition) is 8. The molecule has 1 saturated heterocycles. The van der Waals surface area contributed by atoms with Crippen LogP contribution >= 0.6 is 11.8 Å². The topological polar surface area (TPSA) is 99.0 Å². The number of nitrogens with zero attached hydrogens (tertiary/aromatic N) is 5. The highest BCUT2D eigenvalue weighted by Crippen LogP contribution is 2.38. The van der Waals surface area contributed by atoms with E-state index in [-0.39, 0.29) is 30.0 Å². The molecule has 0 aliphatic carbocycles. The van der Waals surface area contributed by atoms with Gasteiger partial charge in [-0.3, -0.25) is 14.2 Å². The van der Waals surface area contributed by atoms with E-state index in [4.69, 9.17) is 14.2 Å². The van der Waals surface area contributed by atoms with Crippen molar-refractivity contribution < 1.29 is 28.2 Å². The molecule has 10 nitrogen and oxygen atoms in total. The SMILES string of the molecule is COCC(=O)N1CCN(C(=O)CSc2nnc(C(C)(C)c3ccc(OC)c(OC)c3)n2-c2ccc(F)cc2)CC1. The van der Waals surface area contributed by atoms with Crippen LogP contribution in [-0.4, -0.2) is 96.2 Å². The van der Waals surface area contributed by atoms with Crippen LogP contribution in [0.4, 0.5) is 4.39 Å². The van der Waals surface area contributed by atoms with Gasteiger partial charge in [0.25, 0.3) is 0 Å². The van der Waals surface area contributed by atoms with Crippen LogP contribution in [-0.2, 0) is 19.7 Å². The van der Waals surface area contributed by atoms with Crippen molar-refractivity contribution in [3.8, 4) is 17.2 Å². The number of piperazine rings is 1. The Bertz CT molecular complexity index is 1340. The monoisotopic (exact) mass is 571 g/mol. The Labute approximate surface area is 237 Å². The summed E-state index contributed by atoms with van der Waals surface area (Å²) in [6.45, 7) is 5.91. The molecule has 0 saturated carbocycles. The second-order valence-corrected chi connectivity index (χ2v) is 10.7. The first-order valence-electron chi connectivity index (χ1n) is 12.8. The number of thioether (sulfide) groups is 1. The van der Waals surface area contributed by atoms with Gasteiger partial charge in [0.15, 0.2) is 16.7 Å². The molecule has 0 unspecified atom stereocenters. The quantitative estimate of drug-likeness (QED) is 0.343. The first kappa shape index (κ1) is 29.3. The summed E-state index contributed by atoms with van der Waals surface area (Å²) in [4.78, 5) is 28.6. The van der Waals surface area contributed by atoms with E-state index >= 15 is 0 Å². The number of hydrogen-bond donors (Lipinski definition) is 0. The van der Waals surface area contributed by atoms with Gasteiger partial charge in [-0.05, 0) is 55.8 Å². The minimum Gasteiger partial charge on any atom is -0.493 e. The highest BCUT2D eigenvalue weighted by atomic mass is 32.2. The third-order valence-corrected chi connectivity index (χ3v) is 7.87. The van der Waals surface area contributed by atoms with Gasteiger partial charge in [0.05, 0.1) is 25.4 Å². The molecule has 1 aromatic heterocycles. The van der Waals surface area contributed by atoms with Crippen LogP contribution in [0.15, 0.2) is 47.6 Å². The fraction of sp³-hybridized carbons (Fsp3) is 0.429. The molecule has 0 atom stereocenters. The summed E-state index contributed by atoms with van der Waals surface area (Å²) in [7, 11) is 4.65. The smallest absolute Gasteiger partial charge is 0.248 e. The number of benzene rings is 2. The Morgan fingerprint density at radius 1 is 0.900 bits per heavy atom. The van der Waals surface area contributed by atoms with Crippen molar-refractivity contribution in [2.24, 2.45) is 0 Å². The number of halogens is 1. The fourth-order valence-corrected chi connectivity index (χ4v) is 5.44. The summed E-state index contributed by atoms with van der Waals surface area (Å²) in [5.74, 6) is 1.46. The molecule has 0 N–H and O–H groups in total. The number of ether oxygens (including phenoxy) is 3. The molecule has 2 heterocycles. The maximum Gasteiger partial charge on any atom is 0.248 e. The molecule has 1 aliphatic heterocycles. The molecule has 40 heavy (non-hydrogen) atoms. The van der Waals surface area contributed by atoms with Crippen molar-refractivity contribution >= 4 is 23.6 Å². The summed E-state index contributed by atoms with van der Waals surface area (Å²) in [5.41, 5.74) is 0.944. The highest BCUT2D eigenvalue weighted by Gasteiger charge is 2.33. The molecule has 2 amide bonds. The molecule has 1 fully saturated rings. The molecule has 2 aromatic carbocycles. The normalized spacial score (nSPS) is 13.8. The van der Waals surface area contributed by atoms with E-state index < -0.39 is 5.41 Å². The van der Waals surface area contributed by atoms with Crippen LogP contribution < -0.4 is 9.47 Å². The Morgan fingerprint density at radius 3 is 2.12 bits per heavy atom. The summed E-state index contributed by atoms with van der Waals surface area (Å²) in [6.07, 6.45) is 0. The van der Waals surface area contributed by atoms with E-state index in [1.807, 2.05) is 36.6 Å². The van der Waals surface area contributed by atoms with E-state index in [0.29, 0.717) is 54.3 Å². The average molecular weight is 572 g/mol. The predicted octanol–water partition coefficient (Wildman–Crippen LogP) is 3.16. The largest absolute Gasteiger partial charge is 0.493 e. The molecule has 12 heteroatoms. The van der Waals surface area contributed by atoms with Crippen molar-refractivity contribution in [2.75, 3.05) is 59.9 Å². The van der Waals surface area contributed by atoms with Gasteiger partial charge in [-0.25, -0.2) is 4.39 Å². The van der Waals surface area contributed by atoms with Gasteiger partial charge in [0.2, 0.25) is 11.8 Å². The zero-order valence-corrected chi connectivity index (χ0v) is 24.2. The Kier molecular flexibility index (Phi) is 9.31. The summed E-state index contributed by atoms with van der Waals surface area (Å²) in [6, 6.07) is 11.8. The minimum absolute atomic E-state index is 0.0326. The standard InChI is InChI=1S/C28H34FN5O5S/c1-28(2,19-6-11-22(38-4)23(16-19)39-5)26-30-31-27(34(26)21-9-7-20(29)8-10-21)40-18-25(36)33-14-12-32(13-15-33)24(35)17-37-3/h6-11,16H,12-15,17-18H2,1-5H3. The third kappa shape index (κ3) is 6.23. The maximum atomic E-state index is 13.8. The first-order chi connectivity index (χ1) is 19.2. The minimum atomic E-state index is -0.644. The van der Waals surface area contributed by atoms with Gasteiger partial charge in [-0.2, -0.15) is 0 Å². The Hall–Kier alpha value is -3.64. The molecular weight excluding hydrogens is 537 g/mol. The number of aromatic nitrogens is 3. The van der Waals surface area contributed by atoms with E-state index in [1.54, 1.807) is 36.2 Å². The maximum absolute atomic E-state index is 13.8. The lowest BCUT2D eigenvalue weighted by atomic mass is 9.83. The van der Waals surface area contributed by atoms with Gasteiger partial charge in [-0.1, -0.05) is 17.8 Å². The van der Waals surface area contributed by atoms with E-state index in [1.165, 1.54) is 31.0 Å².